The van der Waals surface area contributed by atoms with E-state index < -0.39 is 0 Å². The molecule has 4 nitrogen and oxygen atoms in total. The first-order valence-electron chi connectivity index (χ1n) is 7.04. The van der Waals surface area contributed by atoms with Crippen LogP contribution in [0.15, 0.2) is 35.7 Å². The maximum absolute atomic E-state index is 12.3. The quantitative estimate of drug-likeness (QED) is 0.908. The van der Waals surface area contributed by atoms with E-state index in [1.165, 1.54) is 16.9 Å². The van der Waals surface area contributed by atoms with Gasteiger partial charge in [0.05, 0.1) is 5.56 Å². The van der Waals surface area contributed by atoms with Gasteiger partial charge in [0.1, 0.15) is 5.00 Å². The minimum atomic E-state index is -0.215. The Morgan fingerprint density at radius 2 is 1.64 bits per heavy atom. The van der Waals surface area contributed by atoms with E-state index in [2.05, 4.69) is 31.4 Å². The fourth-order valence-electron chi connectivity index (χ4n) is 2.02. The third kappa shape index (κ3) is 3.54. The summed E-state index contributed by atoms with van der Waals surface area (Å²) in [5.74, 6) is -0.423. The Morgan fingerprint density at radius 1 is 1.00 bits per heavy atom. The molecule has 2 rings (SSSR count). The molecule has 0 radical (unpaired) electrons. The van der Waals surface area contributed by atoms with E-state index in [4.69, 9.17) is 0 Å². The van der Waals surface area contributed by atoms with Gasteiger partial charge in [-0.3, -0.25) is 9.59 Å². The Balaban J connectivity index is 2.16. The van der Waals surface area contributed by atoms with Crippen LogP contribution in [-0.4, -0.2) is 18.9 Å². The lowest BCUT2D eigenvalue weighted by atomic mass is 9.87. The van der Waals surface area contributed by atoms with Gasteiger partial charge in [0.15, 0.2) is 0 Å². The van der Waals surface area contributed by atoms with Gasteiger partial charge < -0.3 is 10.6 Å². The summed E-state index contributed by atoms with van der Waals surface area (Å²) in [6, 6.07) is 9.24. The molecule has 5 heteroatoms. The van der Waals surface area contributed by atoms with Gasteiger partial charge >= 0.3 is 0 Å². The second-order valence-corrected chi connectivity index (χ2v) is 6.94. The average molecular weight is 316 g/mol. The number of thiophene rings is 1. The van der Waals surface area contributed by atoms with Gasteiger partial charge in [-0.1, -0.05) is 32.9 Å². The molecular weight excluding hydrogens is 296 g/mol. The summed E-state index contributed by atoms with van der Waals surface area (Å²) in [5, 5.41) is 7.70. The van der Waals surface area contributed by atoms with Crippen molar-refractivity contribution in [1.82, 2.24) is 5.32 Å². The summed E-state index contributed by atoms with van der Waals surface area (Å²) in [5.41, 5.74) is 2.28. The van der Waals surface area contributed by atoms with Crippen LogP contribution in [0.3, 0.4) is 0 Å². The highest BCUT2D eigenvalue weighted by Gasteiger charge is 2.16. The smallest absolute Gasteiger partial charge is 0.256 e. The second kappa shape index (κ2) is 6.32. The Kier molecular flexibility index (Phi) is 4.66. The molecule has 22 heavy (non-hydrogen) atoms. The molecule has 1 aromatic heterocycles. The number of nitrogens with one attached hydrogen (secondary N) is 2. The molecule has 0 bridgehead atoms. The zero-order valence-electron chi connectivity index (χ0n) is 13.2. The topological polar surface area (TPSA) is 58.2 Å². The number of rotatable bonds is 3. The molecule has 0 atom stereocenters. The first-order chi connectivity index (χ1) is 10.3. The molecule has 0 aliphatic rings. The summed E-state index contributed by atoms with van der Waals surface area (Å²) >= 11 is 1.33. The van der Waals surface area contributed by atoms with Crippen molar-refractivity contribution in [3.8, 4) is 0 Å². The first kappa shape index (κ1) is 16.2. The summed E-state index contributed by atoms with van der Waals surface area (Å²) < 4.78 is 0. The van der Waals surface area contributed by atoms with Crippen molar-refractivity contribution in [2.45, 2.75) is 26.2 Å². The van der Waals surface area contributed by atoms with Crippen molar-refractivity contribution in [2.24, 2.45) is 0 Å². The molecular formula is C17H20N2O2S. The van der Waals surface area contributed by atoms with Crippen molar-refractivity contribution < 1.29 is 9.59 Å². The van der Waals surface area contributed by atoms with E-state index in [1.54, 1.807) is 18.5 Å². The van der Waals surface area contributed by atoms with E-state index in [0.29, 0.717) is 16.1 Å². The zero-order valence-corrected chi connectivity index (χ0v) is 14.0. The van der Waals surface area contributed by atoms with Crippen LogP contribution in [0.5, 0.6) is 0 Å². The molecule has 0 saturated heterocycles. The van der Waals surface area contributed by atoms with Gasteiger partial charge in [0, 0.05) is 12.6 Å². The minimum Gasteiger partial charge on any atom is -0.355 e. The Labute approximate surface area is 134 Å². The molecule has 0 unspecified atom stereocenters. The van der Waals surface area contributed by atoms with Crippen molar-refractivity contribution in [1.29, 1.82) is 0 Å². The SMILES string of the molecule is CNC(=O)c1ccsc1NC(=O)c1ccc(C(C)(C)C)cc1. The number of carbonyl (C=O) groups excluding carboxylic acids is 2. The van der Waals surface area contributed by atoms with E-state index in [1.807, 2.05) is 24.3 Å². The summed E-state index contributed by atoms with van der Waals surface area (Å²) in [6.45, 7) is 6.39. The van der Waals surface area contributed by atoms with Crippen molar-refractivity contribution in [3.05, 3.63) is 52.4 Å². The number of anilines is 1. The number of carbonyl (C=O) groups is 2. The highest BCUT2D eigenvalue weighted by atomic mass is 32.1. The molecule has 116 valence electrons. The molecule has 1 aromatic carbocycles. The lowest BCUT2D eigenvalue weighted by molar-refractivity contribution is 0.0964. The molecule has 2 amide bonds. The van der Waals surface area contributed by atoms with Crippen LogP contribution in [0.1, 0.15) is 47.1 Å². The lowest BCUT2D eigenvalue weighted by Crippen LogP contribution is -2.20. The summed E-state index contributed by atoms with van der Waals surface area (Å²) in [6.07, 6.45) is 0. The number of amides is 2. The van der Waals surface area contributed by atoms with Crippen molar-refractivity contribution in [2.75, 3.05) is 12.4 Å². The van der Waals surface area contributed by atoms with Crippen LogP contribution in [0.2, 0.25) is 0 Å². The lowest BCUT2D eigenvalue weighted by Gasteiger charge is -2.19. The molecule has 0 spiro atoms. The highest BCUT2D eigenvalue weighted by Crippen LogP contribution is 2.25. The Bertz CT molecular complexity index is 681. The standard InChI is InChI=1S/C17H20N2O2S/c1-17(2,3)12-7-5-11(6-8-12)14(20)19-16-13(9-10-22-16)15(21)18-4/h5-10H,1-4H3,(H,18,21)(H,19,20). The minimum absolute atomic E-state index is 0.0507. The largest absolute Gasteiger partial charge is 0.355 e. The van der Waals surface area contributed by atoms with Gasteiger partial charge in [0.2, 0.25) is 0 Å². The monoisotopic (exact) mass is 316 g/mol. The fraction of sp³-hybridized carbons (Fsp3) is 0.294. The maximum atomic E-state index is 12.3. The fourth-order valence-corrected chi connectivity index (χ4v) is 2.80. The Hall–Kier alpha value is -2.14. The molecule has 0 aliphatic carbocycles. The van der Waals surface area contributed by atoms with Gasteiger partial charge in [-0.25, -0.2) is 0 Å². The number of hydrogen-bond acceptors (Lipinski definition) is 3. The molecule has 2 N–H and O–H groups in total. The van der Waals surface area contributed by atoms with Gasteiger partial charge in [-0.2, -0.15) is 0 Å². The van der Waals surface area contributed by atoms with Crippen LogP contribution < -0.4 is 10.6 Å². The Morgan fingerprint density at radius 3 is 2.18 bits per heavy atom. The third-order valence-electron chi connectivity index (χ3n) is 3.38. The molecule has 0 aliphatic heterocycles. The number of hydrogen-bond donors (Lipinski definition) is 2. The van der Waals surface area contributed by atoms with Crippen LogP contribution in [0.25, 0.3) is 0 Å². The van der Waals surface area contributed by atoms with Crippen molar-refractivity contribution in [3.63, 3.8) is 0 Å². The molecule has 1 heterocycles. The van der Waals surface area contributed by atoms with E-state index in [0.717, 1.165) is 0 Å². The van der Waals surface area contributed by atoms with Crippen LogP contribution in [0.4, 0.5) is 5.00 Å². The molecule has 0 saturated carbocycles. The van der Waals surface area contributed by atoms with Crippen LogP contribution in [0, 0.1) is 0 Å². The normalized spacial score (nSPS) is 11.1. The second-order valence-electron chi connectivity index (χ2n) is 6.02. The highest BCUT2D eigenvalue weighted by molar-refractivity contribution is 7.14. The molecule has 0 fully saturated rings. The van der Waals surface area contributed by atoms with Crippen LogP contribution in [-0.2, 0) is 5.41 Å². The third-order valence-corrected chi connectivity index (χ3v) is 4.21. The number of benzene rings is 1. The summed E-state index contributed by atoms with van der Waals surface area (Å²) in [4.78, 5) is 24.0. The van der Waals surface area contributed by atoms with Gasteiger partial charge in [0.25, 0.3) is 11.8 Å². The van der Waals surface area contributed by atoms with E-state index in [-0.39, 0.29) is 17.2 Å². The summed E-state index contributed by atoms with van der Waals surface area (Å²) in [7, 11) is 1.57. The maximum Gasteiger partial charge on any atom is 0.256 e. The van der Waals surface area contributed by atoms with Gasteiger partial charge in [-0.15, -0.1) is 11.3 Å². The molecule has 2 aromatic rings. The van der Waals surface area contributed by atoms with Crippen molar-refractivity contribution >= 4 is 28.2 Å². The van der Waals surface area contributed by atoms with Crippen LogP contribution >= 0.6 is 11.3 Å². The van der Waals surface area contributed by atoms with E-state index >= 15 is 0 Å². The zero-order chi connectivity index (χ0) is 16.3. The predicted molar refractivity (Wildman–Crippen MR) is 90.8 cm³/mol. The first-order valence-corrected chi connectivity index (χ1v) is 7.92. The average Bonchev–Trinajstić information content (AvgIpc) is 2.93. The van der Waals surface area contributed by atoms with Gasteiger partial charge in [-0.05, 0) is 34.6 Å². The van der Waals surface area contributed by atoms with E-state index in [9.17, 15) is 9.59 Å². The predicted octanol–water partition coefficient (Wildman–Crippen LogP) is 3.66.